The summed E-state index contributed by atoms with van der Waals surface area (Å²) in [5.41, 5.74) is 1.05. The Morgan fingerprint density at radius 2 is 1.84 bits per heavy atom. The molecule has 1 N–H and O–H groups in total. The van der Waals surface area contributed by atoms with Crippen LogP contribution in [0.1, 0.15) is 58.1 Å². The molecule has 0 bridgehead atoms. The van der Waals surface area contributed by atoms with Crippen LogP contribution in [0.25, 0.3) is 0 Å². The molecule has 0 aliphatic heterocycles. The van der Waals surface area contributed by atoms with E-state index in [1.165, 1.54) is 0 Å². The molecule has 1 saturated carbocycles. The van der Waals surface area contributed by atoms with E-state index in [0.29, 0.717) is 0 Å². The monoisotopic (exact) mass is 326 g/mol. The van der Waals surface area contributed by atoms with Gasteiger partial charge in [0.05, 0.1) is 0 Å². The summed E-state index contributed by atoms with van der Waals surface area (Å²) < 4.78 is 2.95. The van der Waals surface area contributed by atoms with E-state index in [-0.39, 0.29) is 28.8 Å². The lowest BCUT2D eigenvalue weighted by atomic mass is 10.0. The summed E-state index contributed by atoms with van der Waals surface area (Å²) in [6.07, 6.45) is 1.96. The Morgan fingerprint density at radius 1 is 1.32 bits per heavy atom. The molecule has 1 amide bonds. The number of nitrogens with zero attached hydrogens (tertiary/aromatic N) is 1. The number of aromatic nitrogens is 1. The zero-order chi connectivity index (χ0) is 14.6. The van der Waals surface area contributed by atoms with Crippen molar-refractivity contribution in [2.24, 2.45) is 10.8 Å². The fourth-order valence-electron chi connectivity index (χ4n) is 2.82. The zero-order valence-electron chi connectivity index (χ0n) is 12.5. The quantitative estimate of drug-likeness (QED) is 0.895. The molecule has 4 heteroatoms. The van der Waals surface area contributed by atoms with Crippen molar-refractivity contribution in [2.45, 2.75) is 53.6 Å². The highest BCUT2D eigenvalue weighted by atomic mass is 79.9. The van der Waals surface area contributed by atoms with Gasteiger partial charge in [-0.2, -0.15) is 0 Å². The van der Waals surface area contributed by atoms with Crippen LogP contribution in [0.2, 0.25) is 0 Å². The number of amides is 1. The fraction of sp³-hybridized carbons (Fsp3) is 0.667. The molecule has 1 aliphatic carbocycles. The first kappa shape index (κ1) is 14.6. The van der Waals surface area contributed by atoms with Crippen LogP contribution in [0.15, 0.2) is 16.7 Å². The predicted molar refractivity (Wildman–Crippen MR) is 81.3 cm³/mol. The van der Waals surface area contributed by atoms with Gasteiger partial charge in [0.15, 0.2) is 0 Å². The Labute approximate surface area is 123 Å². The van der Waals surface area contributed by atoms with Crippen LogP contribution in [-0.2, 0) is 0 Å². The van der Waals surface area contributed by atoms with Gasteiger partial charge >= 0.3 is 0 Å². The van der Waals surface area contributed by atoms with E-state index in [2.05, 4.69) is 62.8 Å². The molecule has 1 heterocycles. The van der Waals surface area contributed by atoms with Crippen molar-refractivity contribution in [3.8, 4) is 0 Å². The molecule has 0 saturated heterocycles. The van der Waals surface area contributed by atoms with Gasteiger partial charge in [-0.05, 0) is 46.7 Å². The first-order chi connectivity index (χ1) is 8.59. The Morgan fingerprint density at radius 3 is 2.26 bits per heavy atom. The van der Waals surface area contributed by atoms with Crippen molar-refractivity contribution in [3.05, 3.63) is 22.4 Å². The first-order valence-corrected chi connectivity index (χ1v) is 7.56. The first-order valence-electron chi connectivity index (χ1n) is 6.77. The third-order valence-electron chi connectivity index (χ3n) is 4.90. The van der Waals surface area contributed by atoms with Gasteiger partial charge in [0.25, 0.3) is 5.91 Å². The van der Waals surface area contributed by atoms with Crippen molar-refractivity contribution < 1.29 is 4.79 Å². The van der Waals surface area contributed by atoms with Crippen LogP contribution in [0, 0.1) is 10.8 Å². The van der Waals surface area contributed by atoms with E-state index in [1.54, 1.807) is 0 Å². The number of hydrogen-bond donors (Lipinski definition) is 1. The molecule has 0 atom stereocenters. The van der Waals surface area contributed by atoms with E-state index in [0.717, 1.165) is 10.2 Å². The van der Waals surface area contributed by atoms with E-state index in [9.17, 15) is 4.79 Å². The molecule has 1 aromatic rings. The van der Waals surface area contributed by atoms with Gasteiger partial charge in [0, 0.05) is 22.8 Å². The summed E-state index contributed by atoms with van der Waals surface area (Å²) in [6, 6.07) is 2.40. The maximum Gasteiger partial charge on any atom is 0.268 e. The zero-order valence-corrected chi connectivity index (χ0v) is 14.1. The molecule has 106 valence electrons. The van der Waals surface area contributed by atoms with Crippen molar-refractivity contribution in [2.75, 3.05) is 0 Å². The molecule has 1 aromatic heterocycles. The molecule has 3 nitrogen and oxygen atoms in total. The van der Waals surface area contributed by atoms with E-state index >= 15 is 0 Å². The molecule has 0 aromatic carbocycles. The number of rotatable bonds is 3. The Kier molecular flexibility index (Phi) is 3.37. The van der Waals surface area contributed by atoms with Gasteiger partial charge in [-0.15, -0.1) is 0 Å². The number of carbonyl (C=O) groups excluding carboxylic acids is 1. The molecule has 2 rings (SSSR count). The number of hydrogen-bond acceptors (Lipinski definition) is 1. The van der Waals surface area contributed by atoms with Crippen LogP contribution >= 0.6 is 15.9 Å². The summed E-state index contributed by atoms with van der Waals surface area (Å²) >= 11 is 3.45. The third-order valence-corrected chi connectivity index (χ3v) is 5.33. The minimum absolute atomic E-state index is 0.0167. The van der Waals surface area contributed by atoms with E-state index in [1.807, 2.05) is 16.8 Å². The summed E-state index contributed by atoms with van der Waals surface area (Å²) in [5, 5.41) is 3.18. The van der Waals surface area contributed by atoms with Crippen molar-refractivity contribution in [1.29, 1.82) is 0 Å². The van der Waals surface area contributed by atoms with Crippen molar-refractivity contribution >= 4 is 21.8 Å². The normalized spacial score (nSPS) is 20.6. The highest BCUT2D eigenvalue weighted by Gasteiger charge is 2.65. The number of nitrogens with one attached hydrogen (secondary N) is 1. The van der Waals surface area contributed by atoms with E-state index in [4.69, 9.17) is 0 Å². The molecule has 0 spiro atoms. The molecule has 0 radical (unpaired) electrons. The van der Waals surface area contributed by atoms with Crippen molar-refractivity contribution in [3.63, 3.8) is 0 Å². The minimum Gasteiger partial charge on any atom is -0.347 e. The number of carbonyl (C=O) groups is 1. The lowest BCUT2D eigenvalue weighted by Gasteiger charge is -2.13. The third kappa shape index (κ3) is 2.24. The SMILES string of the molecule is CC(C)n1cc(Br)cc1C(=O)NC1C(C)(C)C1(C)C. The van der Waals surface area contributed by atoms with Crippen LogP contribution < -0.4 is 5.32 Å². The van der Waals surface area contributed by atoms with Gasteiger partial charge in [-0.25, -0.2) is 0 Å². The van der Waals surface area contributed by atoms with Crippen LogP contribution in [0.4, 0.5) is 0 Å². The maximum absolute atomic E-state index is 12.5. The average Bonchev–Trinajstić information content (AvgIpc) is 2.65. The summed E-state index contributed by atoms with van der Waals surface area (Å²) in [4.78, 5) is 12.5. The van der Waals surface area contributed by atoms with Gasteiger partial charge in [0.1, 0.15) is 5.69 Å². The lowest BCUT2D eigenvalue weighted by molar-refractivity contribution is 0.0933. The van der Waals surface area contributed by atoms with Crippen LogP contribution in [0.3, 0.4) is 0 Å². The fourth-order valence-corrected chi connectivity index (χ4v) is 3.25. The van der Waals surface area contributed by atoms with Gasteiger partial charge < -0.3 is 9.88 Å². The topological polar surface area (TPSA) is 34.0 Å². The summed E-state index contributed by atoms with van der Waals surface area (Å²) in [7, 11) is 0. The van der Waals surface area contributed by atoms with Gasteiger partial charge in [-0.3, -0.25) is 4.79 Å². The van der Waals surface area contributed by atoms with Gasteiger partial charge in [0.2, 0.25) is 0 Å². The molecule has 1 aliphatic rings. The minimum atomic E-state index is 0.0167. The van der Waals surface area contributed by atoms with Gasteiger partial charge in [-0.1, -0.05) is 27.7 Å². The molecular weight excluding hydrogens is 304 g/mol. The maximum atomic E-state index is 12.5. The average molecular weight is 327 g/mol. The van der Waals surface area contributed by atoms with E-state index < -0.39 is 0 Å². The van der Waals surface area contributed by atoms with Crippen LogP contribution in [-0.4, -0.2) is 16.5 Å². The molecule has 1 fully saturated rings. The Balaban J connectivity index is 2.19. The second-order valence-corrected chi connectivity index (χ2v) is 7.81. The lowest BCUT2D eigenvalue weighted by Crippen LogP contribution is -2.31. The summed E-state index contributed by atoms with van der Waals surface area (Å²) in [6.45, 7) is 13.0. The largest absolute Gasteiger partial charge is 0.347 e. The highest BCUT2D eigenvalue weighted by molar-refractivity contribution is 9.10. The molecule has 19 heavy (non-hydrogen) atoms. The Hall–Kier alpha value is -0.770. The Bertz CT molecular complexity index is 500. The molecule has 0 unspecified atom stereocenters. The van der Waals surface area contributed by atoms with Crippen molar-refractivity contribution in [1.82, 2.24) is 9.88 Å². The standard InChI is InChI=1S/C15H23BrN2O/c1-9(2)18-8-10(16)7-11(18)12(19)17-13-14(3,4)15(13,5)6/h7-9,13H,1-6H3,(H,17,19). The summed E-state index contributed by atoms with van der Waals surface area (Å²) in [5.74, 6) is 0.0167. The smallest absolute Gasteiger partial charge is 0.268 e. The number of halogens is 1. The second-order valence-electron chi connectivity index (χ2n) is 6.89. The molecular formula is C15H23BrN2O. The predicted octanol–water partition coefficient (Wildman–Crippen LogP) is 4.00. The second kappa shape index (κ2) is 4.37. The van der Waals surface area contributed by atoms with Crippen LogP contribution in [0.5, 0.6) is 0 Å². The highest BCUT2D eigenvalue weighted by Crippen LogP contribution is 2.62.